The van der Waals surface area contributed by atoms with E-state index in [0.717, 1.165) is 49.4 Å². The number of alkyl halides is 5. The van der Waals surface area contributed by atoms with Crippen molar-refractivity contribution in [3.05, 3.63) is 76.7 Å². The number of aromatic nitrogens is 8. The van der Waals surface area contributed by atoms with Gasteiger partial charge in [0, 0.05) is 47.5 Å². The summed E-state index contributed by atoms with van der Waals surface area (Å²) in [6, 6.07) is 8.09. The van der Waals surface area contributed by atoms with E-state index in [-0.39, 0.29) is 58.4 Å². The Morgan fingerprint density at radius 2 is 1.30 bits per heavy atom. The number of hydrogen-bond acceptors (Lipinski definition) is 9. The number of carbonyl (C=O) groups is 1. The topological polar surface area (TPSA) is 130 Å². The van der Waals surface area contributed by atoms with E-state index in [1.54, 1.807) is 12.3 Å². The van der Waals surface area contributed by atoms with Gasteiger partial charge >= 0.3 is 34.9 Å². The number of carboxylic acid groups (broad SMARTS) is 1. The molecular weight excluding hydrogens is 791 g/mol. The van der Waals surface area contributed by atoms with E-state index in [0.29, 0.717) is 43.9 Å². The summed E-state index contributed by atoms with van der Waals surface area (Å²) >= 11 is 9.23. The smallest absolute Gasteiger partial charge is 0.543 e. The van der Waals surface area contributed by atoms with E-state index >= 15 is 0 Å². The summed E-state index contributed by atoms with van der Waals surface area (Å²) in [6.07, 6.45) is 6.82. The predicted octanol–water partition coefficient (Wildman–Crippen LogP) is 4.76. The number of carbonyl (C=O) groups excluding carboxylic acids is 1. The molecule has 0 saturated heterocycles. The molecule has 10 nitrogen and oxygen atoms in total. The monoisotopic (exact) mass is 810 g/mol. The van der Waals surface area contributed by atoms with Gasteiger partial charge in [0.2, 0.25) is 0 Å². The molecule has 0 aliphatic heterocycles. The van der Waals surface area contributed by atoms with Crippen molar-refractivity contribution < 1.29 is 74.6 Å². The molecule has 6 aromatic rings. The van der Waals surface area contributed by atoms with Crippen molar-refractivity contribution in [1.82, 2.24) is 39.5 Å². The number of fused-ring (bicyclic) bond motifs is 2. The molecule has 8 rings (SSSR count). The second-order valence-electron chi connectivity index (χ2n) is 11.4. The maximum atomic E-state index is 13.6. The van der Waals surface area contributed by atoms with Crippen molar-refractivity contribution >= 4 is 63.6 Å². The number of halogens is 9. The molecule has 2 aliphatic rings. The van der Waals surface area contributed by atoms with Gasteiger partial charge in [0.05, 0.1) is 34.5 Å². The Hall–Kier alpha value is -3.69. The third-order valence-corrected chi connectivity index (χ3v) is 8.52. The summed E-state index contributed by atoms with van der Waals surface area (Å²) in [4.78, 5) is 17.8. The van der Waals surface area contributed by atoms with Crippen LogP contribution >= 0.6 is 35.6 Å². The fraction of sp³-hybridized carbons (Fsp3) is 0.258. The molecule has 272 valence electrons. The molecule has 53 heavy (non-hydrogen) atoms. The maximum absolute atomic E-state index is 13.6. The zero-order valence-electron chi connectivity index (χ0n) is 26.8. The molecule has 4 aromatic heterocycles. The molecule has 2 aliphatic carbocycles. The Bertz CT molecular complexity index is 2370. The van der Waals surface area contributed by atoms with Crippen LogP contribution in [0.15, 0.2) is 53.8 Å². The average molecular weight is 811 g/mol. The fourth-order valence-corrected chi connectivity index (χ4v) is 5.76. The summed E-state index contributed by atoms with van der Waals surface area (Å²) in [6.45, 7) is 0. The van der Waals surface area contributed by atoms with Crippen LogP contribution in [0, 0.1) is 27.9 Å². The molecule has 0 bridgehead atoms. The molecule has 22 heteroatoms. The summed E-state index contributed by atoms with van der Waals surface area (Å²) in [7, 11) is 0. The van der Waals surface area contributed by atoms with Crippen molar-refractivity contribution in [3.8, 4) is 22.8 Å². The largest absolute Gasteiger partial charge is 1.00 e. The van der Waals surface area contributed by atoms with Gasteiger partial charge in [-0.3, -0.25) is 5.10 Å². The zero-order valence-corrected chi connectivity index (χ0v) is 31.2. The van der Waals surface area contributed by atoms with Gasteiger partial charge < -0.3 is 19.0 Å². The van der Waals surface area contributed by atoms with E-state index in [9.17, 15) is 35.1 Å². The number of H-pyrrole nitrogens is 1. The van der Waals surface area contributed by atoms with Crippen LogP contribution in [0.25, 0.3) is 44.8 Å². The average Bonchev–Trinajstić information content (AvgIpc) is 4.02. The molecule has 0 unspecified atom stereocenters. The summed E-state index contributed by atoms with van der Waals surface area (Å²) in [5.41, 5.74) is 3.06. The van der Waals surface area contributed by atoms with Gasteiger partial charge in [0.1, 0.15) is 27.3 Å². The van der Waals surface area contributed by atoms with E-state index in [1.165, 1.54) is 18.3 Å². The third kappa shape index (κ3) is 9.52. The second-order valence-corrected chi connectivity index (χ2v) is 13.3. The van der Waals surface area contributed by atoms with Crippen molar-refractivity contribution in [3.63, 3.8) is 0 Å². The number of aliphatic carboxylic acids is 1. The molecule has 4 heterocycles. The minimum atomic E-state index is -4.22. The second kappa shape index (κ2) is 16.4. The van der Waals surface area contributed by atoms with Crippen LogP contribution < -0.4 is 34.7 Å². The Morgan fingerprint density at radius 1 is 0.849 bits per heavy atom. The molecule has 0 amide bonds. The molecule has 1 N–H and O–H groups in total. The number of imidazole rings is 2. The summed E-state index contributed by atoms with van der Waals surface area (Å²) in [5.74, 6) is -7.77. The maximum Gasteiger partial charge on any atom is 1.00 e. The standard InChI is InChI=1S/C15H10F4N4S.C14H10F2N4S.C2HClF2O2.Na/c16-9-4-11-12(5-10(9)17)23(8-1-2-8)14(21-11)7-3-13(22-20-6-7)24-15(18)19;15-9-4-11-12(5-10(9)16)20(8-1-2-8)14(18-11)7-3-13(21)19-17-6-7;3-2(4,5)1(6)7;/h3-6,8,15H,1-2H2;3-6,8H,1-2H2,(H,19,21);(H,6,7);/q;;;+1/p-1. The van der Waals surface area contributed by atoms with Crippen LogP contribution in [-0.2, 0) is 4.79 Å². The van der Waals surface area contributed by atoms with E-state index in [4.69, 9.17) is 22.1 Å². The SMILES string of the molecule is Fc1cc2nc(-c3cn[nH]c(=S)c3)n(C3CC3)c2cc1F.Fc1cc2nc(-c3cnnc(SC(F)F)c3)n(C3CC3)c2cc1F.O=C([O-])C(F)(F)Cl.[Na+]. The number of nitrogens with one attached hydrogen (secondary N) is 1. The number of carboxylic acids is 1. The number of benzene rings is 2. The van der Waals surface area contributed by atoms with Gasteiger partial charge in [-0.1, -0.05) is 12.2 Å². The van der Waals surface area contributed by atoms with Gasteiger partial charge in [-0.15, -0.1) is 5.10 Å². The van der Waals surface area contributed by atoms with Crippen LogP contribution in [0.2, 0.25) is 0 Å². The van der Waals surface area contributed by atoms with Crippen molar-refractivity contribution in [1.29, 1.82) is 0 Å². The quantitative estimate of drug-likeness (QED) is 0.0798. The molecular formula is C31H20ClF8N8NaO2S2. The number of hydrogen-bond donors (Lipinski definition) is 1. The Balaban J connectivity index is 0.000000172. The van der Waals surface area contributed by atoms with Gasteiger partial charge in [-0.25, -0.2) is 27.5 Å². The van der Waals surface area contributed by atoms with Crippen LogP contribution in [0.5, 0.6) is 0 Å². The molecule has 2 fully saturated rings. The van der Waals surface area contributed by atoms with Crippen LogP contribution in [-0.4, -0.2) is 56.6 Å². The van der Waals surface area contributed by atoms with Crippen LogP contribution in [0.3, 0.4) is 0 Å². The molecule has 0 radical (unpaired) electrons. The number of nitrogens with zero attached hydrogens (tertiary/aromatic N) is 7. The number of thioether (sulfide) groups is 1. The van der Waals surface area contributed by atoms with Crippen LogP contribution in [0.1, 0.15) is 37.8 Å². The first kappa shape index (κ1) is 40.5. The Kier molecular flexibility index (Phi) is 12.5. The number of aromatic amines is 1. The molecule has 2 saturated carbocycles. The minimum Gasteiger partial charge on any atom is -0.543 e. The molecule has 0 atom stereocenters. The normalized spacial score (nSPS) is 14.0. The van der Waals surface area contributed by atoms with E-state index < -0.39 is 40.4 Å². The third-order valence-electron chi connectivity index (χ3n) is 7.54. The van der Waals surface area contributed by atoms with E-state index in [1.807, 2.05) is 9.13 Å². The van der Waals surface area contributed by atoms with Gasteiger partial charge in [0.25, 0.3) is 5.76 Å². The van der Waals surface area contributed by atoms with Crippen molar-refractivity contribution in [2.75, 3.05) is 0 Å². The fourth-order valence-electron chi connectivity index (χ4n) is 5.11. The van der Waals surface area contributed by atoms with Gasteiger partial charge in [0.15, 0.2) is 23.3 Å². The minimum absolute atomic E-state index is 0. The van der Waals surface area contributed by atoms with E-state index in [2.05, 4.69) is 42.0 Å². The van der Waals surface area contributed by atoms with Crippen molar-refractivity contribution in [2.45, 2.75) is 53.9 Å². The first-order valence-electron chi connectivity index (χ1n) is 15.0. The first-order chi connectivity index (χ1) is 24.6. The summed E-state index contributed by atoms with van der Waals surface area (Å²) < 4.78 is 105. The van der Waals surface area contributed by atoms with Crippen LogP contribution in [0.4, 0.5) is 35.1 Å². The molecule has 2 aromatic carbocycles. The number of rotatable bonds is 7. The first-order valence-corrected chi connectivity index (χ1v) is 16.6. The summed E-state index contributed by atoms with van der Waals surface area (Å²) in [5, 5.41) is 18.9. The predicted molar refractivity (Wildman–Crippen MR) is 173 cm³/mol. The Morgan fingerprint density at radius 3 is 1.72 bits per heavy atom. The molecule has 0 spiro atoms. The van der Waals surface area contributed by atoms with Crippen molar-refractivity contribution in [2.24, 2.45) is 0 Å². The Labute approximate surface area is 329 Å². The van der Waals surface area contributed by atoms with Gasteiger partial charge in [-0.05, 0) is 61.2 Å². The van der Waals surface area contributed by atoms with Gasteiger partial charge in [-0.2, -0.15) is 27.8 Å². The zero-order chi connectivity index (χ0) is 37.5.